The molecule has 1 atom stereocenters. The summed E-state index contributed by atoms with van der Waals surface area (Å²) in [6.45, 7) is 4.15. The first-order chi connectivity index (χ1) is 4.74. The molecule has 0 heterocycles. The molecule has 1 aliphatic carbocycles. The van der Waals surface area contributed by atoms with Crippen LogP contribution in [0.1, 0.15) is 33.1 Å². The molecule has 0 amide bonds. The third-order valence-corrected chi connectivity index (χ3v) is 2.35. The monoisotopic (exact) mass is 138 g/mol. The first-order valence-corrected chi connectivity index (χ1v) is 3.88. The highest BCUT2D eigenvalue weighted by molar-refractivity contribution is 5.81. The van der Waals surface area contributed by atoms with Crippen LogP contribution in [0.4, 0.5) is 0 Å². The van der Waals surface area contributed by atoms with E-state index >= 15 is 0 Å². The maximum atomic E-state index is 10.8. The molecule has 10 heavy (non-hydrogen) atoms. The highest BCUT2D eigenvalue weighted by Crippen LogP contribution is 2.27. The summed E-state index contributed by atoms with van der Waals surface area (Å²) in [6, 6.07) is 0. The van der Waals surface area contributed by atoms with E-state index < -0.39 is 0 Å². The van der Waals surface area contributed by atoms with Gasteiger partial charge < -0.3 is 0 Å². The summed E-state index contributed by atoms with van der Waals surface area (Å²) < 4.78 is 0. The van der Waals surface area contributed by atoms with Gasteiger partial charge in [-0.15, -0.1) is 0 Å². The lowest BCUT2D eigenvalue weighted by molar-refractivity contribution is -0.117. The van der Waals surface area contributed by atoms with Crippen molar-refractivity contribution < 1.29 is 4.79 Å². The van der Waals surface area contributed by atoms with Gasteiger partial charge in [-0.25, -0.2) is 0 Å². The van der Waals surface area contributed by atoms with Crippen molar-refractivity contribution in [1.82, 2.24) is 0 Å². The van der Waals surface area contributed by atoms with E-state index in [0.717, 1.165) is 19.3 Å². The van der Waals surface area contributed by atoms with Crippen LogP contribution in [0.15, 0.2) is 11.6 Å². The van der Waals surface area contributed by atoms with Gasteiger partial charge in [-0.2, -0.15) is 0 Å². The van der Waals surface area contributed by atoms with E-state index in [0.29, 0.717) is 11.7 Å². The fourth-order valence-electron chi connectivity index (χ4n) is 1.44. The molecule has 1 fully saturated rings. The Balaban J connectivity index is 2.52. The lowest BCUT2D eigenvalue weighted by Crippen LogP contribution is -1.95. The number of rotatable bonds is 1. The highest BCUT2D eigenvalue weighted by atomic mass is 16.1. The molecular formula is C9H14O. The second-order valence-corrected chi connectivity index (χ2v) is 3.01. The Hall–Kier alpha value is -0.590. The third kappa shape index (κ3) is 1.47. The molecule has 0 aromatic rings. The fourth-order valence-corrected chi connectivity index (χ4v) is 1.44. The van der Waals surface area contributed by atoms with Crippen LogP contribution in [-0.4, -0.2) is 5.78 Å². The van der Waals surface area contributed by atoms with Crippen molar-refractivity contribution >= 4 is 5.78 Å². The Bertz CT molecular complexity index is 168. The molecule has 0 spiro atoms. The second kappa shape index (κ2) is 3.00. The van der Waals surface area contributed by atoms with E-state index in [1.807, 2.05) is 6.92 Å². The lowest BCUT2D eigenvalue weighted by atomic mass is 9.99. The number of allylic oxidation sites excluding steroid dienone is 2. The van der Waals surface area contributed by atoms with Gasteiger partial charge in [-0.1, -0.05) is 11.6 Å². The second-order valence-electron chi connectivity index (χ2n) is 3.01. The molecule has 1 rings (SSSR count). The van der Waals surface area contributed by atoms with Crippen molar-refractivity contribution in [2.75, 3.05) is 0 Å². The van der Waals surface area contributed by atoms with Gasteiger partial charge in [0.1, 0.15) is 5.78 Å². The first kappa shape index (κ1) is 7.52. The quantitative estimate of drug-likeness (QED) is 0.508. The Kier molecular flexibility index (Phi) is 2.25. The van der Waals surface area contributed by atoms with Crippen LogP contribution < -0.4 is 0 Å². The predicted octanol–water partition coefficient (Wildman–Crippen LogP) is 2.32. The predicted molar refractivity (Wildman–Crippen MR) is 41.8 cm³/mol. The SMILES string of the molecule is C/C=C(\C)C1CCC(=O)C1. The van der Waals surface area contributed by atoms with Crippen LogP contribution >= 0.6 is 0 Å². The van der Waals surface area contributed by atoms with E-state index in [1.54, 1.807) is 0 Å². The van der Waals surface area contributed by atoms with Gasteiger partial charge in [0.25, 0.3) is 0 Å². The topological polar surface area (TPSA) is 17.1 Å². The van der Waals surface area contributed by atoms with E-state index in [2.05, 4.69) is 13.0 Å². The number of hydrogen-bond acceptors (Lipinski definition) is 1. The summed E-state index contributed by atoms with van der Waals surface area (Å²) >= 11 is 0. The lowest BCUT2D eigenvalue weighted by Gasteiger charge is -2.06. The smallest absolute Gasteiger partial charge is 0.133 e. The summed E-state index contributed by atoms with van der Waals surface area (Å²) in [5, 5.41) is 0. The molecule has 0 saturated heterocycles. The minimum atomic E-state index is 0.436. The molecule has 0 radical (unpaired) electrons. The van der Waals surface area contributed by atoms with Crippen LogP contribution in [0.3, 0.4) is 0 Å². The van der Waals surface area contributed by atoms with Crippen LogP contribution in [0.5, 0.6) is 0 Å². The Morgan fingerprint density at radius 3 is 2.80 bits per heavy atom. The zero-order chi connectivity index (χ0) is 7.56. The fraction of sp³-hybridized carbons (Fsp3) is 0.667. The van der Waals surface area contributed by atoms with Gasteiger partial charge in [0.15, 0.2) is 0 Å². The van der Waals surface area contributed by atoms with Crippen molar-refractivity contribution in [3.63, 3.8) is 0 Å². The van der Waals surface area contributed by atoms with Crippen LogP contribution in [0.2, 0.25) is 0 Å². The molecule has 1 aliphatic rings. The Morgan fingerprint density at radius 2 is 2.40 bits per heavy atom. The maximum absolute atomic E-state index is 10.8. The van der Waals surface area contributed by atoms with Gasteiger partial charge in [-0.3, -0.25) is 4.79 Å². The van der Waals surface area contributed by atoms with Crippen molar-refractivity contribution in [3.05, 3.63) is 11.6 Å². The van der Waals surface area contributed by atoms with Crippen LogP contribution in [0, 0.1) is 5.92 Å². The van der Waals surface area contributed by atoms with Crippen LogP contribution in [-0.2, 0) is 4.79 Å². The number of ketones is 1. The molecule has 1 unspecified atom stereocenters. The molecule has 0 bridgehead atoms. The maximum Gasteiger partial charge on any atom is 0.133 e. The molecule has 1 heteroatoms. The summed E-state index contributed by atoms with van der Waals surface area (Å²) in [4.78, 5) is 10.8. The zero-order valence-corrected chi connectivity index (χ0v) is 6.68. The minimum absolute atomic E-state index is 0.436. The molecule has 0 aliphatic heterocycles. The third-order valence-electron chi connectivity index (χ3n) is 2.35. The summed E-state index contributed by atoms with van der Waals surface area (Å²) in [6.07, 6.45) is 4.78. The van der Waals surface area contributed by atoms with Crippen molar-refractivity contribution in [2.45, 2.75) is 33.1 Å². The van der Waals surface area contributed by atoms with Gasteiger partial charge in [0, 0.05) is 12.8 Å². The average molecular weight is 138 g/mol. The Morgan fingerprint density at radius 1 is 1.70 bits per heavy atom. The summed E-state index contributed by atoms with van der Waals surface area (Å²) in [7, 11) is 0. The van der Waals surface area contributed by atoms with E-state index in [9.17, 15) is 4.79 Å². The summed E-state index contributed by atoms with van der Waals surface area (Å²) in [5.41, 5.74) is 1.38. The highest BCUT2D eigenvalue weighted by Gasteiger charge is 2.22. The normalized spacial score (nSPS) is 27.6. The molecule has 56 valence electrons. The van der Waals surface area contributed by atoms with Gasteiger partial charge in [0.05, 0.1) is 0 Å². The van der Waals surface area contributed by atoms with Crippen molar-refractivity contribution in [1.29, 1.82) is 0 Å². The summed E-state index contributed by atoms with van der Waals surface area (Å²) in [5.74, 6) is 1.00. The average Bonchev–Trinajstić information content (AvgIpc) is 2.34. The number of Topliss-reactive ketones (excluding diaryl/α,β-unsaturated/α-hetero) is 1. The minimum Gasteiger partial charge on any atom is -0.300 e. The number of carbonyl (C=O) groups is 1. The Labute approximate surface area is 62.1 Å². The molecular weight excluding hydrogens is 124 g/mol. The first-order valence-electron chi connectivity index (χ1n) is 3.88. The largest absolute Gasteiger partial charge is 0.300 e. The zero-order valence-electron chi connectivity index (χ0n) is 6.68. The van der Waals surface area contributed by atoms with Gasteiger partial charge in [0.2, 0.25) is 0 Å². The molecule has 0 N–H and O–H groups in total. The van der Waals surface area contributed by atoms with E-state index in [-0.39, 0.29) is 0 Å². The van der Waals surface area contributed by atoms with Crippen LogP contribution in [0.25, 0.3) is 0 Å². The van der Waals surface area contributed by atoms with Crippen molar-refractivity contribution in [2.24, 2.45) is 5.92 Å². The van der Waals surface area contributed by atoms with Crippen molar-refractivity contribution in [3.8, 4) is 0 Å². The number of hydrogen-bond donors (Lipinski definition) is 0. The van der Waals surface area contributed by atoms with E-state index in [4.69, 9.17) is 0 Å². The molecule has 0 aromatic heterocycles. The standard InChI is InChI=1S/C9H14O/c1-3-7(2)8-4-5-9(10)6-8/h3,8H,4-6H2,1-2H3/b7-3+. The number of carbonyl (C=O) groups excluding carboxylic acids is 1. The molecule has 1 saturated carbocycles. The molecule has 0 aromatic carbocycles. The molecule has 1 nitrogen and oxygen atoms in total. The van der Waals surface area contributed by atoms with E-state index in [1.165, 1.54) is 5.57 Å². The van der Waals surface area contributed by atoms with Gasteiger partial charge in [-0.05, 0) is 26.2 Å². The van der Waals surface area contributed by atoms with Gasteiger partial charge >= 0.3 is 0 Å².